The maximum absolute atomic E-state index is 11.7. The van der Waals surface area contributed by atoms with Crippen LogP contribution in [0.25, 0.3) is 0 Å². The number of carboxylic acids is 1. The standard InChI is InChI=1S/C10H16N2O4/c1-3-7(10(15)16)12-6-5-11(4-2)8(13)9(12)14/h7H,3-6H2,1-2H3,(H,15,16)/t7-/m0/s1. The van der Waals surface area contributed by atoms with Gasteiger partial charge in [0.15, 0.2) is 0 Å². The molecule has 0 spiro atoms. The van der Waals surface area contributed by atoms with Crippen molar-refractivity contribution in [3.63, 3.8) is 0 Å². The molecule has 0 aromatic rings. The maximum atomic E-state index is 11.7. The van der Waals surface area contributed by atoms with Crippen LogP contribution >= 0.6 is 0 Å². The minimum Gasteiger partial charge on any atom is -0.480 e. The van der Waals surface area contributed by atoms with E-state index in [0.717, 1.165) is 4.90 Å². The number of rotatable bonds is 4. The summed E-state index contributed by atoms with van der Waals surface area (Å²) in [4.78, 5) is 36.7. The Bertz CT molecular complexity index is 316. The van der Waals surface area contributed by atoms with E-state index < -0.39 is 23.8 Å². The largest absolute Gasteiger partial charge is 0.480 e. The van der Waals surface area contributed by atoms with Gasteiger partial charge in [0.25, 0.3) is 0 Å². The Morgan fingerprint density at radius 2 is 1.94 bits per heavy atom. The van der Waals surface area contributed by atoms with Gasteiger partial charge in [-0.3, -0.25) is 9.59 Å². The zero-order valence-corrected chi connectivity index (χ0v) is 9.47. The average Bonchev–Trinajstić information content (AvgIpc) is 2.25. The van der Waals surface area contributed by atoms with Crippen molar-refractivity contribution in [3.05, 3.63) is 0 Å². The molecule has 1 N–H and O–H groups in total. The molecule has 16 heavy (non-hydrogen) atoms. The molecule has 0 bridgehead atoms. The first kappa shape index (κ1) is 12.5. The van der Waals surface area contributed by atoms with Gasteiger partial charge in [-0.05, 0) is 13.3 Å². The zero-order valence-electron chi connectivity index (χ0n) is 9.47. The van der Waals surface area contributed by atoms with Crippen LogP contribution in [0.5, 0.6) is 0 Å². The fourth-order valence-corrected chi connectivity index (χ4v) is 1.82. The van der Waals surface area contributed by atoms with Gasteiger partial charge >= 0.3 is 17.8 Å². The minimum atomic E-state index is -1.06. The second-order valence-electron chi connectivity index (χ2n) is 3.65. The summed E-state index contributed by atoms with van der Waals surface area (Å²) >= 11 is 0. The van der Waals surface area contributed by atoms with Gasteiger partial charge in [0, 0.05) is 19.6 Å². The van der Waals surface area contributed by atoms with Gasteiger partial charge in [0.2, 0.25) is 0 Å². The van der Waals surface area contributed by atoms with Crippen LogP contribution in [0.4, 0.5) is 0 Å². The van der Waals surface area contributed by atoms with E-state index in [-0.39, 0.29) is 0 Å². The number of amides is 2. The van der Waals surface area contributed by atoms with Gasteiger partial charge in [-0.2, -0.15) is 0 Å². The predicted octanol–water partition coefficient (Wildman–Crippen LogP) is -0.460. The van der Waals surface area contributed by atoms with Crippen LogP contribution in [0.2, 0.25) is 0 Å². The number of carbonyl (C=O) groups is 3. The monoisotopic (exact) mass is 228 g/mol. The molecular weight excluding hydrogens is 212 g/mol. The summed E-state index contributed by atoms with van der Waals surface area (Å²) in [5.74, 6) is -2.37. The summed E-state index contributed by atoms with van der Waals surface area (Å²) in [6.45, 7) is 4.65. The van der Waals surface area contributed by atoms with Crippen LogP contribution in [-0.2, 0) is 14.4 Å². The number of likely N-dealkylation sites (N-methyl/N-ethyl adjacent to an activating group) is 1. The van der Waals surface area contributed by atoms with E-state index in [1.54, 1.807) is 13.8 Å². The van der Waals surface area contributed by atoms with E-state index in [2.05, 4.69) is 0 Å². The Morgan fingerprint density at radius 1 is 1.31 bits per heavy atom. The normalized spacial score (nSPS) is 18.9. The summed E-state index contributed by atoms with van der Waals surface area (Å²) < 4.78 is 0. The molecule has 6 nitrogen and oxygen atoms in total. The summed E-state index contributed by atoms with van der Waals surface area (Å²) in [7, 11) is 0. The Hall–Kier alpha value is -1.59. The fraction of sp³-hybridized carbons (Fsp3) is 0.700. The van der Waals surface area contributed by atoms with Crippen molar-refractivity contribution in [1.82, 2.24) is 9.80 Å². The van der Waals surface area contributed by atoms with E-state index in [0.29, 0.717) is 26.1 Å². The number of piperazine rings is 1. The molecule has 1 rings (SSSR count). The second kappa shape index (κ2) is 4.96. The Kier molecular flexibility index (Phi) is 3.87. The average molecular weight is 228 g/mol. The first-order valence-electron chi connectivity index (χ1n) is 5.35. The van der Waals surface area contributed by atoms with Gasteiger partial charge < -0.3 is 14.9 Å². The molecule has 0 aliphatic carbocycles. The lowest BCUT2D eigenvalue weighted by Crippen LogP contribution is -2.58. The lowest BCUT2D eigenvalue weighted by molar-refractivity contribution is -0.162. The fourth-order valence-electron chi connectivity index (χ4n) is 1.82. The predicted molar refractivity (Wildman–Crippen MR) is 55.7 cm³/mol. The first-order chi connectivity index (χ1) is 7.52. The lowest BCUT2D eigenvalue weighted by atomic mass is 10.1. The van der Waals surface area contributed by atoms with Crippen molar-refractivity contribution < 1.29 is 19.5 Å². The number of hydrogen-bond donors (Lipinski definition) is 1. The van der Waals surface area contributed by atoms with Crippen LogP contribution in [0.3, 0.4) is 0 Å². The number of hydrogen-bond acceptors (Lipinski definition) is 3. The van der Waals surface area contributed by atoms with Gasteiger partial charge in [-0.25, -0.2) is 4.79 Å². The van der Waals surface area contributed by atoms with E-state index in [1.165, 1.54) is 4.90 Å². The number of carbonyl (C=O) groups excluding carboxylic acids is 2. The summed E-state index contributed by atoms with van der Waals surface area (Å²) in [5, 5.41) is 8.93. The molecule has 0 aromatic carbocycles. The summed E-state index contributed by atoms with van der Waals surface area (Å²) in [6.07, 6.45) is 0.306. The molecule has 6 heteroatoms. The van der Waals surface area contributed by atoms with Crippen LogP contribution in [0, 0.1) is 0 Å². The maximum Gasteiger partial charge on any atom is 0.326 e. The number of aliphatic carboxylic acids is 1. The highest BCUT2D eigenvalue weighted by molar-refractivity contribution is 6.35. The highest BCUT2D eigenvalue weighted by Crippen LogP contribution is 2.11. The first-order valence-corrected chi connectivity index (χ1v) is 5.35. The van der Waals surface area contributed by atoms with E-state index in [4.69, 9.17) is 5.11 Å². The summed E-state index contributed by atoms with van der Waals surface area (Å²) in [5.41, 5.74) is 0. The minimum absolute atomic E-state index is 0.295. The van der Waals surface area contributed by atoms with Crippen molar-refractivity contribution in [1.29, 1.82) is 0 Å². The lowest BCUT2D eigenvalue weighted by Gasteiger charge is -2.35. The molecule has 0 unspecified atom stereocenters. The van der Waals surface area contributed by atoms with Crippen LogP contribution in [-0.4, -0.2) is 58.4 Å². The topological polar surface area (TPSA) is 77.9 Å². The molecule has 0 aromatic heterocycles. The van der Waals surface area contributed by atoms with Crippen molar-refractivity contribution in [2.75, 3.05) is 19.6 Å². The van der Waals surface area contributed by atoms with Crippen LogP contribution in [0.1, 0.15) is 20.3 Å². The molecule has 1 aliphatic heterocycles. The van der Waals surface area contributed by atoms with Crippen molar-refractivity contribution in [2.45, 2.75) is 26.3 Å². The van der Waals surface area contributed by atoms with Gasteiger partial charge in [0.1, 0.15) is 6.04 Å². The Labute approximate surface area is 93.8 Å². The molecule has 2 amide bonds. The quantitative estimate of drug-likeness (QED) is 0.660. The number of carboxylic acid groups (broad SMARTS) is 1. The van der Waals surface area contributed by atoms with Gasteiger partial charge in [0.05, 0.1) is 0 Å². The smallest absolute Gasteiger partial charge is 0.326 e. The van der Waals surface area contributed by atoms with E-state index >= 15 is 0 Å². The third-order valence-corrected chi connectivity index (χ3v) is 2.77. The molecular formula is C10H16N2O4. The summed E-state index contributed by atoms with van der Waals surface area (Å²) in [6, 6.07) is -0.893. The molecule has 0 saturated carbocycles. The molecule has 1 atom stereocenters. The Balaban J connectivity index is 2.82. The molecule has 90 valence electrons. The highest BCUT2D eigenvalue weighted by Gasteiger charge is 2.37. The van der Waals surface area contributed by atoms with Crippen LogP contribution in [0.15, 0.2) is 0 Å². The Morgan fingerprint density at radius 3 is 2.38 bits per heavy atom. The van der Waals surface area contributed by atoms with E-state index in [1.807, 2.05) is 0 Å². The third-order valence-electron chi connectivity index (χ3n) is 2.77. The second-order valence-corrected chi connectivity index (χ2v) is 3.65. The van der Waals surface area contributed by atoms with Gasteiger partial charge in [-0.1, -0.05) is 6.92 Å². The molecule has 1 heterocycles. The number of nitrogens with zero attached hydrogens (tertiary/aromatic N) is 2. The molecule has 1 fully saturated rings. The van der Waals surface area contributed by atoms with Crippen molar-refractivity contribution >= 4 is 17.8 Å². The highest BCUT2D eigenvalue weighted by atomic mass is 16.4. The molecule has 1 aliphatic rings. The molecule has 1 saturated heterocycles. The van der Waals surface area contributed by atoms with Crippen molar-refractivity contribution in [2.24, 2.45) is 0 Å². The SMILES string of the molecule is CC[C@@H](C(=O)O)N1CCN(CC)C(=O)C1=O. The van der Waals surface area contributed by atoms with Gasteiger partial charge in [-0.15, -0.1) is 0 Å². The van der Waals surface area contributed by atoms with Crippen molar-refractivity contribution in [3.8, 4) is 0 Å². The zero-order chi connectivity index (χ0) is 12.3. The molecule has 0 radical (unpaired) electrons. The van der Waals surface area contributed by atoms with Crippen LogP contribution < -0.4 is 0 Å². The van der Waals surface area contributed by atoms with E-state index in [9.17, 15) is 14.4 Å². The third kappa shape index (κ3) is 2.15.